The summed E-state index contributed by atoms with van der Waals surface area (Å²) in [5, 5.41) is 3.56. The molecule has 1 aliphatic rings. The number of aromatic nitrogens is 1. The van der Waals surface area contributed by atoms with Gasteiger partial charge in [-0.15, -0.1) is 0 Å². The fourth-order valence-corrected chi connectivity index (χ4v) is 2.54. The van der Waals surface area contributed by atoms with E-state index in [1.54, 1.807) is 0 Å². The number of pyridine rings is 1. The van der Waals surface area contributed by atoms with E-state index in [2.05, 4.69) is 17.2 Å². The van der Waals surface area contributed by atoms with E-state index in [9.17, 15) is 0 Å². The average Bonchev–Trinajstić information content (AvgIpc) is 2.89. The predicted molar refractivity (Wildman–Crippen MR) is 74.1 cm³/mol. The van der Waals surface area contributed by atoms with Crippen molar-refractivity contribution in [1.82, 2.24) is 10.3 Å². The van der Waals surface area contributed by atoms with Crippen LogP contribution in [0.2, 0.25) is 0 Å². The van der Waals surface area contributed by atoms with Gasteiger partial charge in [-0.1, -0.05) is 19.8 Å². The number of rotatable bonds is 6. The molecule has 0 spiro atoms. The van der Waals surface area contributed by atoms with Crippen LogP contribution in [0.3, 0.4) is 0 Å². The van der Waals surface area contributed by atoms with E-state index in [0.717, 1.165) is 42.8 Å². The van der Waals surface area contributed by atoms with E-state index in [4.69, 9.17) is 4.74 Å². The minimum atomic E-state index is 0.718. The molecule has 3 heteroatoms. The largest absolute Gasteiger partial charge is 0.490 e. The number of nitrogens with one attached hydrogen (secondary N) is 1. The molecule has 0 aliphatic heterocycles. The Bertz CT molecular complexity index is 373. The zero-order valence-electron chi connectivity index (χ0n) is 11.5. The Hall–Kier alpha value is -1.09. The highest BCUT2D eigenvalue weighted by Crippen LogP contribution is 2.18. The zero-order chi connectivity index (χ0) is 12.8. The van der Waals surface area contributed by atoms with E-state index >= 15 is 0 Å². The van der Waals surface area contributed by atoms with Gasteiger partial charge in [-0.2, -0.15) is 0 Å². The summed E-state index contributed by atoms with van der Waals surface area (Å²) in [6.07, 6.45) is 6.33. The highest BCUT2D eigenvalue weighted by Gasteiger charge is 2.13. The summed E-state index contributed by atoms with van der Waals surface area (Å²) in [5.74, 6) is 0.941. The maximum Gasteiger partial charge on any atom is 0.140 e. The van der Waals surface area contributed by atoms with Crippen molar-refractivity contribution in [2.45, 2.75) is 52.0 Å². The van der Waals surface area contributed by atoms with E-state index in [-0.39, 0.29) is 0 Å². The Labute approximate surface area is 110 Å². The van der Waals surface area contributed by atoms with Crippen molar-refractivity contribution in [3.8, 4) is 5.75 Å². The maximum atomic E-state index is 5.82. The molecule has 1 aromatic rings. The van der Waals surface area contributed by atoms with Crippen molar-refractivity contribution in [2.75, 3.05) is 13.2 Å². The van der Waals surface area contributed by atoms with Crippen LogP contribution < -0.4 is 10.1 Å². The molecule has 1 N–H and O–H groups in total. The van der Waals surface area contributed by atoms with Crippen molar-refractivity contribution in [2.24, 2.45) is 0 Å². The quantitative estimate of drug-likeness (QED) is 0.786. The minimum absolute atomic E-state index is 0.718. The number of nitrogens with zero attached hydrogens (tertiary/aromatic N) is 1. The lowest BCUT2D eigenvalue weighted by molar-refractivity contribution is 0.301. The van der Waals surface area contributed by atoms with Crippen molar-refractivity contribution in [1.29, 1.82) is 0 Å². The Balaban J connectivity index is 1.75. The molecular weight excluding hydrogens is 224 g/mol. The highest BCUT2D eigenvalue weighted by atomic mass is 16.5. The van der Waals surface area contributed by atoms with Crippen molar-refractivity contribution >= 4 is 0 Å². The highest BCUT2D eigenvalue weighted by molar-refractivity contribution is 5.29. The topological polar surface area (TPSA) is 34.1 Å². The van der Waals surface area contributed by atoms with Gasteiger partial charge in [0, 0.05) is 18.3 Å². The average molecular weight is 248 g/mol. The van der Waals surface area contributed by atoms with Gasteiger partial charge >= 0.3 is 0 Å². The number of hydrogen-bond donors (Lipinski definition) is 1. The molecule has 0 amide bonds. The lowest BCUT2D eigenvalue weighted by atomic mass is 10.2. The Morgan fingerprint density at radius 1 is 1.33 bits per heavy atom. The van der Waals surface area contributed by atoms with E-state index in [0.29, 0.717) is 0 Å². The van der Waals surface area contributed by atoms with Gasteiger partial charge < -0.3 is 10.1 Å². The number of aryl methyl sites for hydroxylation is 2. The maximum absolute atomic E-state index is 5.82. The summed E-state index contributed by atoms with van der Waals surface area (Å²) in [7, 11) is 0. The monoisotopic (exact) mass is 248 g/mol. The van der Waals surface area contributed by atoms with Crippen LogP contribution in [0.25, 0.3) is 0 Å². The third-order valence-electron chi connectivity index (χ3n) is 3.55. The Kier molecular flexibility index (Phi) is 5.00. The second-order valence-corrected chi connectivity index (χ2v) is 5.03. The summed E-state index contributed by atoms with van der Waals surface area (Å²) in [6.45, 7) is 5.80. The summed E-state index contributed by atoms with van der Waals surface area (Å²) in [4.78, 5) is 4.50. The van der Waals surface area contributed by atoms with Crippen molar-refractivity contribution < 1.29 is 4.74 Å². The molecule has 2 rings (SSSR count). The van der Waals surface area contributed by atoms with Crippen LogP contribution in [-0.4, -0.2) is 24.2 Å². The van der Waals surface area contributed by atoms with Crippen LogP contribution in [0.1, 0.15) is 44.0 Å². The first-order valence-corrected chi connectivity index (χ1v) is 7.12. The smallest absolute Gasteiger partial charge is 0.140 e. The molecular formula is C15H24N2O. The lowest BCUT2D eigenvalue weighted by Crippen LogP contribution is -2.30. The normalized spacial score (nSPS) is 16.1. The molecule has 0 aromatic carbocycles. The van der Waals surface area contributed by atoms with E-state index < -0.39 is 0 Å². The van der Waals surface area contributed by atoms with Gasteiger partial charge in [-0.05, 0) is 38.3 Å². The van der Waals surface area contributed by atoms with Crippen molar-refractivity contribution in [3.63, 3.8) is 0 Å². The molecule has 100 valence electrons. The molecule has 1 saturated carbocycles. The molecule has 18 heavy (non-hydrogen) atoms. The minimum Gasteiger partial charge on any atom is -0.490 e. The number of ether oxygens (including phenoxy) is 1. The van der Waals surface area contributed by atoms with Gasteiger partial charge in [0.05, 0.1) is 5.69 Å². The Morgan fingerprint density at radius 2 is 2.11 bits per heavy atom. The van der Waals surface area contributed by atoms with E-state index in [1.165, 1.54) is 25.7 Å². The summed E-state index contributed by atoms with van der Waals surface area (Å²) < 4.78 is 5.82. The summed E-state index contributed by atoms with van der Waals surface area (Å²) in [5.41, 5.74) is 2.12. The molecule has 0 bridgehead atoms. The fourth-order valence-electron chi connectivity index (χ4n) is 2.54. The molecule has 1 fully saturated rings. The van der Waals surface area contributed by atoms with Crippen LogP contribution in [0.15, 0.2) is 12.1 Å². The van der Waals surface area contributed by atoms with Gasteiger partial charge in [0.25, 0.3) is 0 Å². The van der Waals surface area contributed by atoms with Crippen molar-refractivity contribution in [3.05, 3.63) is 23.5 Å². The second-order valence-electron chi connectivity index (χ2n) is 5.03. The van der Waals surface area contributed by atoms with Gasteiger partial charge in [-0.3, -0.25) is 4.98 Å². The molecule has 0 radical (unpaired) electrons. The molecule has 1 heterocycles. The van der Waals surface area contributed by atoms with Crippen LogP contribution >= 0.6 is 0 Å². The second kappa shape index (κ2) is 6.74. The lowest BCUT2D eigenvalue weighted by Gasteiger charge is -2.14. The predicted octanol–water partition coefficient (Wildman–Crippen LogP) is 2.86. The van der Waals surface area contributed by atoms with Crippen LogP contribution in [0.4, 0.5) is 0 Å². The first-order valence-electron chi connectivity index (χ1n) is 7.12. The molecule has 0 atom stereocenters. The molecule has 3 nitrogen and oxygen atoms in total. The molecule has 1 aliphatic carbocycles. The van der Waals surface area contributed by atoms with Gasteiger partial charge in [0.2, 0.25) is 0 Å². The van der Waals surface area contributed by atoms with Gasteiger partial charge in [-0.25, -0.2) is 0 Å². The third-order valence-corrected chi connectivity index (χ3v) is 3.55. The molecule has 0 unspecified atom stereocenters. The van der Waals surface area contributed by atoms with Crippen LogP contribution in [0, 0.1) is 6.92 Å². The molecule has 1 aromatic heterocycles. The molecule has 0 saturated heterocycles. The van der Waals surface area contributed by atoms with Crippen LogP contribution in [-0.2, 0) is 6.42 Å². The van der Waals surface area contributed by atoms with Crippen LogP contribution in [0.5, 0.6) is 5.75 Å². The van der Waals surface area contributed by atoms with E-state index in [1.807, 2.05) is 19.1 Å². The van der Waals surface area contributed by atoms with Gasteiger partial charge in [0.1, 0.15) is 12.4 Å². The summed E-state index contributed by atoms with van der Waals surface area (Å²) >= 11 is 0. The Morgan fingerprint density at radius 3 is 2.83 bits per heavy atom. The fraction of sp³-hybridized carbons (Fsp3) is 0.667. The summed E-state index contributed by atoms with van der Waals surface area (Å²) in [6, 6.07) is 4.77. The first-order chi connectivity index (χ1) is 8.79. The first kappa shape index (κ1) is 13.3. The zero-order valence-corrected chi connectivity index (χ0v) is 11.5. The SMILES string of the molecule is CCc1nc(C)ccc1OCCNC1CCCC1. The standard InChI is InChI=1S/C15H24N2O/c1-3-14-15(9-8-12(2)17-14)18-11-10-16-13-6-4-5-7-13/h8-9,13,16H,3-7,10-11H2,1-2H3. The number of hydrogen-bond acceptors (Lipinski definition) is 3. The third kappa shape index (κ3) is 3.70. The van der Waals surface area contributed by atoms with Gasteiger partial charge in [0.15, 0.2) is 0 Å².